The highest BCUT2D eigenvalue weighted by molar-refractivity contribution is 7.89. The average Bonchev–Trinajstić information content (AvgIpc) is 3.25. The van der Waals surface area contributed by atoms with E-state index in [-0.39, 0.29) is 17.9 Å². The highest BCUT2D eigenvalue weighted by Crippen LogP contribution is 2.29. The molecule has 0 aliphatic carbocycles. The summed E-state index contributed by atoms with van der Waals surface area (Å²) < 4.78 is 94.9. The molecule has 1 amide bonds. The molecule has 0 unspecified atom stereocenters. The van der Waals surface area contributed by atoms with E-state index in [1.807, 2.05) is 0 Å². The van der Waals surface area contributed by atoms with Gasteiger partial charge >= 0.3 is 6.36 Å². The fraction of sp³-hybridized carbons (Fsp3) is 0.261. The van der Waals surface area contributed by atoms with E-state index in [0.29, 0.717) is 17.0 Å². The predicted octanol–water partition coefficient (Wildman–Crippen LogP) is 3.60. The maximum absolute atomic E-state index is 14.2. The van der Waals surface area contributed by atoms with Gasteiger partial charge < -0.3 is 10.1 Å². The number of nitrogens with one attached hydrogen (secondary N) is 1. The first-order valence-electron chi connectivity index (χ1n) is 10.8. The number of rotatable bonds is 7. The van der Waals surface area contributed by atoms with Crippen LogP contribution in [0.2, 0.25) is 0 Å². The summed E-state index contributed by atoms with van der Waals surface area (Å²) in [4.78, 5) is 20.6. The summed E-state index contributed by atoms with van der Waals surface area (Å²) in [6, 6.07) is 9.11. The quantitative estimate of drug-likeness (QED) is 0.458. The van der Waals surface area contributed by atoms with Crippen molar-refractivity contribution in [3.05, 3.63) is 72.4 Å². The number of nitrogens with zero attached hydrogens (tertiary/aromatic N) is 3. The Labute approximate surface area is 208 Å². The molecule has 0 saturated carbocycles. The highest BCUT2D eigenvalue weighted by atomic mass is 32.2. The summed E-state index contributed by atoms with van der Waals surface area (Å²) in [5, 5.41) is 2.53. The van der Waals surface area contributed by atoms with E-state index in [4.69, 9.17) is 0 Å². The van der Waals surface area contributed by atoms with Crippen molar-refractivity contribution in [2.24, 2.45) is 0 Å². The molecule has 2 heterocycles. The smallest absolute Gasteiger partial charge is 0.406 e. The van der Waals surface area contributed by atoms with Crippen molar-refractivity contribution in [3.63, 3.8) is 0 Å². The van der Waals surface area contributed by atoms with Gasteiger partial charge in [-0.3, -0.25) is 4.79 Å². The van der Waals surface area contributed by atoms with Gasteiger partial charge in [0, 0.05) is 18.5 Å². The van der Waals surface area contributed by atoms with E-state index in [0.717, 1.165) is 40.7 Å². The Morgan fingerprint density at radius 3 is 2.41 bits per heavy atom. The molecule has 2 aromatic carbocycles. The normalized spacial score (nSPS) is 18.5. The van der Waals surface area contributed by atoms with Crippen molar-refractivity contribution in [2.45, 2.75) is 36.4 Å². The third-order valence-corrected chi connectivity index (χ3v) is 7.37. The zero-order valence-corrected chi connectivity index (χ0v) is 19.6. The van der Waals surface area contributed by atoms with Crippen LogP contribution in [0.15, 0.2) is 65.8 Å². The number of hydrogen-bond donors (Lipinski definition) is 1. The molecule has 8 nitrogen and oxygen atoms in total. The zero-order valence-electron chi connectivity index (χ0n) is 18.8. The number of carbonyl (C=O) groups is 1. The second kappa shape index (κ2) is 10.4. The van der Waals surface area contributed by atoms with Gasteiger partial charge in [-0.2, -0.15) is 4.31 Å². The summed E-state index contributed by atoms with van der Waals surface area (Å²) in [5.74, 6) is -1.80. The van der Waals surface area contributed by atoms with Gasteiger partial charge in [-0.15, -0.1) is 13.2 Å². The van der Waals surface area contributed by atoms with Crippen molar-refractivity contribution >= 4 is 15.9 Å². The molecule has 1 fully saturated rings. The minimum absolute atomic E-state index is 0.151. The average molecular weight is 542 g/mol. The molecule has 4 rings (SSSR count). The van der Waals surface area contributed by atoms with Crippen LogP contribution < -0.4 is 10.1 Å². The van der Waals surface area contributed by atoms with E-state index in [9.17, 15) is 35.2 Å². The maximum atomic E-state index is 14.2. The number of ether oxygens (including phenoxy) is 1. The second-order valence-corrected chi connectivity index (χ2v) is 9.95. The van der Waals surface area contributed by atoms with Crippen LogP contribution in [-0.2, 0) is 21.4 Å². The van der Waals surface area contributed by atoms with Gasteiger partial charge in [0.1, 0.15) is 30.1 Å². The highest BCUT2D eigenvalue weighted by Gasteiger charge is 2.44. The van der Waals surface area contributed by atoms with Crippen LogP contribution in [0, 0.1) is 5.82 Å². The molecular weight excluding hydrogens is 523 g/mol. The second-order valence-electron chi connectivity index (χ2n) is 8.06. The van der Waals surface area contributed by atoms with Gasteiger partial charge in [0.15, 0.2) is 0 Å². The Kier molecular flexibility index (Phi) is 7.41. The standard InChI is InChI=1S/C23H19F5N4O4S/c24-15-3-7-19(8-4-15)37(34,35)32-12-16(25)9-21(32)22(33)29-11-17-10-20(31-13-30-17)14-1-5-18(6-2-14)36-23(26,27)28/h1-8,10,13,16,21H,9,11-12H2,(H,29,33)/t16-,21+/m1/s1. The fourth-order valence-corrected chi connectivity index (χ4v) is 5.40. The molecule has 196 valence electrons. The lowest BCUT2D eigenvalue weighted by Gasteiger charge is -2.23. The molecule has 0 bridgehead atoms. The molecular formula is C23H19F5N4O4S. The van der Waals surface area contributed by atoms with E-state index >= 15 is 0 Å². The van der Waals surface area contributed by atoms with Gasteiger partial charge in [-0.05, 0) is 54.6 Å². The number of benzene rings is 2. The van der Waals surface area contributed by atoms with Crippen LogP contribution in [0.1, 0.15) is 12.1 Å². The van der Waals surface area contributed by atoms with Gasteiger partial charge in [0.25, 0.3) is 0 Å². The molecule has 37 heavy (non-hydrogen) atoms. The van der Waals surface area contributed by atoms with Crippen molar-refractivity contribution in [1.29, 1.82) is 0 Å². The SMILES string of the molecule is O=C(NCc1cc(-c2ccc(OC(F)(F)F)cc2)ncn1)[C@@H]1C[C@@H](F)CN1S(=O)(=O)c1ccc(F)cc1. The lowest BCUT2D eigenvalue weighted by molar-refractivity contribution is -0.274. The number of sulfonamides is 1. The van der Waals surface area contributed by atoms with Gasteiger partial charge in [-0.25, -0.2) is 27.2 Å². The topological polar surface area (TPSA) is 101 Å². The largest absolute Gasteiger partial charge is 0.573 e. The molecule has 3 aromatic rings. The summed E-state index contributed by atoms with van der Waals surface area (Å²) in [6.45, 7) is -0.676. The van der Waals surface area contributed by atoms with E-state index < -0.39 is 52.6 Å². The van der Waals surface area contributed by atoms with Crippen molar-refractivity contribution in [3.8, 4) is 17.0 Å². The molecule has 0 radical (unpaired) electrons. The Morgan fingerprint density at radius 1 is 1.08 bits per heavy atom. The molecule has 1 aromatic heterocycles. The fourth-order valence-electron chi connectivity index (χ4n) is 3.78. The van der Waals surface area contributed by atoms with E-state index in [1.54, 1.807) is 0 Å². The molecule has 1 saturated heterocycles. The summed E-state index contributed by atoms with van der Waals surface area (Å²) in [5.41, 5.74) is 1.12. The molecule has 0 spiro atoms. The molecule has 1 aliphatic rings. The van der Waals surface area contributed by atoms with E-state index in [1.165, 1.54) is 24.5 Å². The Balaban J connectivity index is 1.44. The lowest BCUT2D eigenvalue weighted by atomic mass is 10.1. The number of aromatic nitrogens is 2. The van der Waals surface area contributed by atoms with Crippen molar-refractivity contribution < 1.29 is 39.9 Å². The first kappa shape index (κ1) is 26.4. The number of carbonyl (C=O) groups excluding carboxylic acids is 1. The number of halogens is 5. The van der Waals surface area contributed by atoms with Gasteiger partial charge in [0.05, 0.1) is 22.8 Å². The number of alkyl halides is 4. The molecule has 1 aliphatic heterocycles. The molecule has 1 N–H and O–H groups in total. The Morgan fingerprint density at radius 2 is 1.76 bits per heavy atom. The maximum Gasteiger partial charge on any atom is 0.573 e. The van der Waals surface area contributed by atoms with Crippen LogP contribution in [-0.4, -0.2) is 53.7 Å². The predicted molar refractivity (Wildman–Crippen MR) is 120 cm³/mol. The van der Waals surface area contributed by atoms with Crippen LogP contribution in [0.25, 0.3) is 11.3 Å². The number of hydrogen-bond acceptors (Lipinski definition) is 6. The molecule has 2 atom stereocenters. The Bertz CT molecular complexity index is 1370. The van der Waals surface area contributed by atoms with Crippen LogP contribution in [0.5, 0.6) is 5.75 Å². The monoisotopic (exact) mass is 542 g/mol. The van der Waals surface area contributed by atoms with Gasteiger partial charge in [-0.1, -0.05) is 0 Å². The third kappa shape index (κ3) is 6.38. The van der Waals surface area contributed by atoms with Crippen molar-refractivity contribution in [1.82, 2.24) is 19.6 Å². The minimum atomic E-state index is -4.82. The van der Waals surface area contributed by atoms with Gasteiger partial charge in [0.2, 0.25) is 15.9 Å². The summed E-state index contributed by atoms with van der Waals surface area (Å²) in [7, 11) is -4.26. The lowest BCUT2D eigenvalue weighted by Crippen LogP contribution is -2.45. The first-order valence-corrected chi connectivity index (χ1v) is 12.2. The molecule has 14 heteroatoms. The van der Waals surface area contributed by atoms with Crippen LogP contribution in [0.4, 0.5) is 22.0 Å². The minimum Gasteiger partial charge on any atom is -0.406 e. The van der Waals surface area contributed by atoms with Crippen LogP contribution in [0.3, 0.4) is 0 Å². The number of amides is 1. The van der Waals surface area contributed by atoms with Crippen molar-refractivity contribution in [2.75, 3.05) is 6.54 Å². The summed E-state index contributed by atoms with van der Waals surface area (Å²) >= 11 is 0. The van der Waals surface area contributed by atoms with E-state index in [2.05, 4.69) is 20.0 Å². The Hall–Kier alpha value is -3.65. The summed E-state index contributed by atoms with van der Waals surface area (Å²) in [6.07, 6.45) is -5.55. The first-order chi connectivity index (χ1) is 17.4. The van der Waals surface area contributed by atoms with Crippen LogP contribution >= 0.6 is 0 Å². The zero-order chi connectivity index (χ0) is 26.8. The third-order valence-electron chi connectivity index (χ3n) is 5.48.